The minimum absolute atomic E-state index is 0.313. The zero-order chi connectivity index (χ0) is 17.7. The number of hydrogen-bond acceptors (Lipinski definition) is 5. The van der Waals surface area contributed by atoms with E-state index in [-0.39, 0.29) is 5.91 Å². The normalized spacial score (nSPS) is 18.0. The van der Waals surface area contributed by atoms with Crippen LogP contribution in [0.2, 0.25) is 0 Å². The van der Waals surface area contributed by atoms with Crippen LogP contribution in [-0.4, -0.2) is 27.6 Å². The molecule has 3 heterocycles. The third-order valence-corrected chi connectivity index (χ3v) is 5.36. The lowest BCUT2D eigenvalue weighted by molar-refractivity contribution is -0.135. The summed E-state index contributed by atoms with van der Waals surface area (Å²) in [4.78, 5) is 25.3. The molecule has 0 aliphatic carbocycles. The van der Waals surface area contributed by atoms with Gasteiger partial charge < -0.3 is 15.8 Å². The first-order valence-corrected chi connectivity index (χ1v) is 8.39. The van der Waals surface area contributed by atoms with E-state index < -0.39 is 17.1 Å². The molecule has 7 nitrogen and oxygen atoms in total. The van der Waals surface area contributed by atoms with Gasteiger partial charge in [0.15, 0.2) is 0 Å². The standard InChI is InChI=1S/C16H20N4O3S/c1-15(2)7-8-10(12(17)21)14(24-11(8)16(3,4)23-15)19-13(22)9-5-6-18-20-9/h5-6H,7H2,1-4H3,(H2,17,21)(H,18,20)(H,19,22). The number of carbonyl (C=O) groups excluding carboxylic acids is 2. The predicted octanol–water partition coefficient (Wildman–Crippen LogP) is 2.41. The molecule has 0 aromatic carbocycles. The van der Waals surface area contributed by atoms with Crippen LogP contribution in [0.5, 0.6) is 0 Å². The fraction of sp³-hybridized carbons (Fsp3) is 0.438. The second-order valence-electron chi connectivity index (χ2n) is 6.95. The number of nitrogens with two attached hydrogens (primary N) is 1. The highest BCUT2D eigenvalue weighted by molar-refractivity contribution is 7.17. The van der Waals surface area contributed by atoms with E-state index >= 15 is 0 Å². The van der Waals surface area contributed by atoms with E-state index in [1.165, 1.54) is 17.5 Å². The summed E-state index contributed by atoms with van der Waals surface area (Å²) >= 11 is 1.33. The minimum atomic E-state index is -0.567. The first-order valence-electron chi connectivity index (χ1n) is 7.57. The maximum Gasteiger partial charge on any atom is 0.274 e. The molecule has 0 radical (unpaired) electrons. The van der Waals surface area contributed by atoms with Crippen LogP contribution in [0.1, 0.15) is 59.0 Å². The smallest absolute Gasteiger partial charge is 0.274 e. The summed E-state index contributed by atoms with van der Waals surface area (Å²) in [6, 6.07) is 1.56. The lowest BCUT2D eigenvalue weighted by atomic mass is 9.86. The van der Waals surface area contributed by atoms with Crippen LogP contribution in [0, 0.1) is 0 Å². The third-order valence-electron chi connectivity index (χ3n) is 3.91. The Bertz CT molecular complexity index is 806. The third kappa shape index (κ3) is 2.83. The lowest BCUT2D eigenvalue weighted by Crippen LogP contribution is -2.42. The van der Waals surface area contributed by atoms with Crippen LogP contribution in [0.4, 0.5) is 5.00 Å². The van der Waals surface area contributed by atoms with Crippen molar-refractivity contribution in [2.24, 2.45) is 5.73 Å². The van der Waals surface area contributed by atoms with E-state index in [1.54, 1.807) is 6.07 Å². The van der Waals surface area contributed by atoms with Crippen molar-refractivity contribution in [2.75, 3.05) is 5.32 Å². The van der Waals surface area contributed by atoms with Gasteiger partial charge in [-0.2, -0.15) is 5.10 Å². The van der Waals surface area contributed by atoms with Gasteiger partial charge in [0.2, 0.25) is 0 Å². The van der Waals surface area contributed by atoms with Crippen LogP contribution in [0.3, 0.4) is 0 Å². The van der Waals surface area contributed by atoms with Crippen LogP contribution < -0.4 is 11.1 Å². The number of hydrogen-bond donors (Lipinski definition) is 3. The zero-order valence-corrected chi connectivity index (χ0v) is 14.8. The molecule has 8 heteroatoms. The number of ether oxygens (including phenoxy) is 1. The molecular weight excluding hydrogens is 328 g/mol. The number of amides is 2. The van der Waals surface area contributed by atoms with Gasteiger partial charge in [0.05, 0.1) is 16.8 Å². The fourth-order valence-corrected chi connectivity index (χ4v) is 4.48. The molecule has 3 rings (SSSR count). The summed E-state index contributed by atoms with van der Waals surface area (Å²) in [5, 5.41) is 9.57. The largest absolute Gasteiger partial charge is 0.365 e. The van der Waals surface area contributed by atoms with Crippen LogP contribution >= 0.6 is 11.3 Å². The maximum absolute atomic E-state index is 12.3. The summed E-state index contributed by atoms with van der Waals surface area (Å²) in [7, 11) is 0. The molecule has 1 aliphatic rings. The number of aromatic amines is 1. The van der Waals surface area contributed by atoms with Gasteiger partial charge in [-0.3, -0.25) is 14.7 Å². The Morgan fingerprint density at radius 1 is 1.38 bits per heavy atom. The summed E-state index contributed by atoms with van der Waals surface area (Å²) in [5.41, 5.74) is 6.16. The van der Waals surface area contributed by atoms with Crippen molar-refractivity contribution in [3.8, 4) is 0 Å². The van der Waals surface area contributed by atoms with Crippen molar-refractivity contribution in [1.82, 2.24) is 10.2 Å². The zero-order valence-electron chi connectivity index (χ0n) is 14.0. The Balaban J connectivity index is 2.07. The Morgan fingerprint density at radius 3 is 2.67 bits per heavy atom. The molecule has 0 saturated carbocycles. The molecule has 2 amide bonds. The van der Waals surface area contributed by atoms with E-state index in [4.69, 9.17) is 10.5 Å². The molecule has 0 spiro atoms. The molecular formula is C16H20N4O3S. The molecule has 0 bridgehead atoms. The Kier molecular flexibility index (Phi) is 3.76. The average Bonchev–Trinajstić information content (AvgIpc) is 3.03. The molecule has 2 aromatic heterocycles. The number of nitrogens with zero attached hydrogens (tertiary/aromatic N) is 1. The number of rotatable bonds is 3. The Morgan fingerprint density at radius 2 is 2.08 bits per heavy atom. The summed E-state index contributed by atoms with van der Waals surface area (Å²) in [6.45, 7) is 7.86. The van der Waals surface area contributed by atoms with Gasteiger partial charge in [0, 0.05) is 17.5 Å². The highest BCUT2D eigenvalue weighted by atomic mass is 32.1. The van der Waals surface area contributed by atoms with Crippen LogP contribution in [-0.2, 0) is 16.8 Å². The average molecular weight is 348 g/mol. The number of thiophene rings is 1. The molecule has 0 unspecified atom stereocenters. The highest BCUT2D eigenvalue weighted by Crippen LogP contribution is 2.48. The topological polar surface area (TPSA) is 110 Å². The van der Waals surface area contributed by atoms with Gasteiger partial charge in [0.25, 0.3) is 11.8 Å². The van der Waals surface area contributed by atoms with E-state index in [2.05, 4.69) is 15.5 Å². The molecule has 0 atom stereocenters. The van der Waals surface area contributed by atoms with Crippen molar-refractivity contribution in [3.63, 3.8) is 0 Å². The van der Waals surface area contributed by atoms with Crippen molar-refractivity contribution in [3.05, 3.63) is 34.0 Å². The summed E-state index contributed by atoms with van der Waals surface area (Å²) in [6.07, 6.45) is 2.04. The van der Waals surface area contributed by atoms with Crippen LogP contribution in [0.15, 0.2) is 12.3 Å². The van der Waals surface area contributed by atoms with E-state index in [1.807, 2.05) is 27.7 Å². The lowest BCUT2D eigenvalue weighted by Gasteiger charge is -2.41. The molecule has 24 heavy (non-hydrogen) atoms. The molecule has 128 valence electrons. The summed E-state index contributed by atoms with van der Waals surface area (Å²) in [5.74, 6) is -0.924. The Hall–Kier alpha value is -2.19. The second kappa shape index (κ2) is 5.42. The molecule has 0 saturated heterocycles. The number of primary amides is 1. The minimum Gasteiger partial charge on any atom is -0.365 e. The predicted molar refractivity (Wildman–Crippen MR) is 91.3 cm³/mol. The highest BCUT2D eigenvalue weighted by Gasteiger charge is 2.42. The van der Waals surface area contributed by atoms with E-state index in [0.717, 1.165) is 10.4 Å². The quantitative estimate of drug-likeness (QED) is 0.791. The van der Waals surface area contributed by atoms with Gasteiger partial charge in [-0.25, -0.2) is 0 Å². The fourth-order valence-electron chi connectivity index (χ4n) is 3.22. The number of fused-ring (bicyclic) bond motifs is 1. The van der Waals surface area contributed by atoms with Crippen molar-refractivity contribution in [2.45, 2.75) is 45.3 Å². The van der Waals surface area contributed by atoms with Gasteiger partial charge in [-0.05, 0) is 39.3 Å². The van der Waals surface area contributed by atoms with Crippen molar-refractivity contribution < 1.29 is 14.3 Å². The SMILES string of the molecule is CC1(C)Cc2c(sc(NC(=O)c3ccn[nH]3)c2C(N)=O)C(C)(C)O1. The number of anilines is 1. The molecule has 0 fully saturated rings. The number of carbonyl (C=O) groups is 2. The number of nitrogens with one attached hydrogen (secondary N) is 2. The second-order valence-corrected chi connectivity index (χ2v) is 7.97. The van der Waals surface area contributed by atoms with Gasteiger partial charge in [-0.15, -0.1) is 11.3 Å². The van der Waals surface area contributed by atoms with Crippen LogP contribution in [0.25, 0.3) is 0 Å². The van der Waals surface area contributed by atoms with Gasteiger partial charge in [0.1, 0.15) is 10.7 Å². The number of aromatic nitrogens is 2. The van der Waals surface area contributed by atoms with Crippen molar-refractivity contribution in [1.29, 1.82) is 0 Å². The first kappa shape index (κ1) is 16.7. The molecule has 2 aromatic rings. The van der Waals surface area contributed by atoms with Gasteiger partial charge in [-0.1, -0.05) is 0 Å². The number of H-pyrrole nitrogens is 1. The molecule has 1 aliphatic heterocycles. The van der Waals surface area contributed by atoms with E-state index in [9.17, 15) is 9.59 Å². The Labute approximate surface area is 143 Å². The summed E-state index contributed by atoms with van der Waals surface area (Å²) < 4.78 is 6.14. The van der Waals surface area contributed by atoms with Gasteiger partial charge >= 0.3 is 0 Å². The van der Waals surface area contributed by atoms with E-state index in [0.29, 0.717) is 22.7 Å². The molecule has 4 N–H and O–H groups in total. The maximum atomic E-state index is 12.3. The van der Waals surface area contributed by atoms with Crippen molar-refractivity contribution >= 4 is 28.2 Å². The monoisotopic (exact) mass is 348 g/mol. The first-order chi connectivity index (χ1) is 11.1.